The number of aromatic nitrogens is 1. The average molecular weight is 247 g/mol. The van der Waals surface area contributed by atoms with Gasteiger partial charge in [-0.2, -0.15) is 0 Å². The molecule has 2 aromatic rings. The van der Waals surface area contributed by atoms with Gasteiger partial charge in [-0.05, 0) is 31.9 Å². The first kappa shape index (κ1) is 12.6. The van der Waals surface area contributed by atoms with Crippen LogP contribution in [0.1, 0.15) is 32.1 Å². The van der Waals surface area contributed by atoms with E-state index in [1.807, 2.05) is 31.2 Å². The Kier molecular flexibility index (Phi) is 4.34. The molecular weight excluding hydrogens is 230 g/mol. The molecule has 0 unspecified atom stereocenters. The third kappa shape index (κ3) is 3.32. The van der Waals surface area contributed by atoms with Gasteiger partial charge in [-0.3, -0.25) is 4.79 Å². The van der Waals surface area contributed by atoms with Gasteiger partial charge in [0.2, 0.25) is 0 Å². The number of fused-ring (bicyclic) bond motifs is 1. The molecule has 0 N–H and O–H groups in total. The molecule has 18 heavy (non-hydrogen) atoms. The summed E-state index contributed by atoms with van der Waals surface area (Å²) in [6.45, 7) is 2.26. The maximum absolute atomic E-state index is 11.1. The van der Waals surface area contributed by atoms with Crippen LogP contribution in [0.25, 0.3) is 11.1 Å². The second kappa shape index (κ2) is 6.19. The molecule has 0 saturated heterocycles. The van der Waals surface area contributed by atoms with E-state index >= 15 is 0 Å². The smallest absolute Gasteiger partial charge is 0.305 e. The number of oxazole rings is 1. The van der Waals surface area contributed by atoms with Crippen LogP contribution < -0.4 is 0 Å². The summed E-state index contributed by atoms with van der Waals surface area (Å²) >= 11 is 0. The maximum atomic E-state index is 11.1. The lowest BCUT2D eigenvalue weighted by Gasteiger charge is -2.00. The number of carbonyl (C=O) groups is 1. The van der Waals surface area contributed by atoms with Crippen LogP contribution in [-0.4, -0.2) is 17.6 Å². The summed E-state index contributed by atoms with van der Waals surface area (Å²) < 4.78 is 10.5. The lowest BCUT2D eigenvalue weighted by molar-refractivity contribution is -0.143. The molecule has 4 nitrogen and oxygen atoms in total. The topological polar surface area (TPSA) is 52.3 Å². The van der Waals surface area contributed by atoms with Crippen LogP contribution in [0.15, 0.2) is 28.7 Å². The number of hydrogen-bond acceptors (Lipinski definition) is 4. The summed E-state index contributed by atoms with van der Waals surface area (Å²) in [5, 5.41) is 0. The standard InChI is InChI=1S/C14H17NO3/c1-2-17-14(16)10-6-5-9-13-15-11-7-3-4-8-12(11)18-13/h3-4,7-8H,2,5-6,9-10H2,1H3. The molecule has 0 atom stereocenters. The summed E-state index contributed by atoms with van der Waals surface area (Å²) in [6.07, 6.45) is 2.91. The number of carbonyl (C=O) groups excluding carboxylic acids is 1. The van der Waals surface area contributed by atoms with E-state index < -0.39 is 0 Å². The quantitative estimate of drug-likeness (QED) is 0.581. The number of rotatable bonds is 6. The van der Waals surface area contributed by atoms with Crippen LogP contribution in [0.4, 0.5) is 0 Å². The normalized spacial score (nSPS) is 10.7. The fourth-order valence-corrected chi connectivity index (χ4v) is 1.81. The van der Waals surface area contributed by atoms with E-state index in [0.717, 1.165) is 36.3 Å². The zero-order valence-electron chi connectivity index (χ0n) is 10.5. The van der Waals surface area contributed by atoms with Gasteiger partial charge in [0, 0.05) is 12.8 Å². The predicted molar refractivity (Wildman–Crippen MR) is 68.2 cm³/mol. The van der Waals surface area contributed by atoms with Crippen LogP contribution >= 0.6 is 0 Å². The van der Waals surface area contributed by atoms with Crippen molar-refractivity contribution in [3.05, 3.63) is 30.2 Å². The zero-order valence-corrected chi connectivity index (χ0v) is 10.5. The number of para-hydroxylation sites is 2. The Morgan fingerprint density at radius 2 is 2.17 bits per heavy atom. The van der Waals surface area contributed by atoms with Gasteiger partial charge in [-0.1, -0.05) is 12.1 Å². The van der Waals surface area contributed by atoms with Gasteiger partial charge in [-0.25, -0.2) is 4.98 Å². The van der Waals surface area contributed by atoms with Crippen molar-refractivity contribution in [1.82, 2.24) is 4.98 Å². The Hall–Kier alpha value is -1.84. The van der Waals surface area contributed by atoms with Crippen molar-refractivity contribution >= 4 is 17.1 Å². The minimum Gasteiger partial charge on any atom is -0.466 e. The number of ether oxygens (including phenoxy) is 1. The third-order valence-electron chi connectivity index (χ3n) is 2.67. The van der Waals surface area contributed by atoms with Crippen molar-refractivity contribution in [2.45, 2.75) is 32.6 Å². The SMILES string of the molecule is CCOC(=O)CCCCc1nc2ccccc2o1. The molecule has 0 saturated carbocycles. The lowest BCUT2D eigenvalue weighted by Crippen LogP contribution is -2.03. The van der Waals surface area contributed by atoms with Crippen molar-refractivity contribution in [3.63, 3.8) is 0 Å². The molecule has 0 aliphatic rings. The number of aryl methyl sites for hydroxylation is 1. The van der Waals surface area contributed by atoms with Gasteiger partial charge in [0.25, 0.3) is 0 Å². The number of nitrogens with zero attached hydrogens (tertiary/aromatic N) is 1. The summed E-state index contributed by atoms with van der Waals surface area (Å²) in [5.74, 6) is 0.607. The first-order valence-corrected chi connectivity index (χ1v) is 6.29. The van der Waals surface area contributed by atoms with Crippen LogP contribution in [0.2, 0.25) is 0 Å². The largest absolute Gasteiger partial charge is 0.466 e. The molecule has 0 fully saturated rings. The Labute approximate surface area is 106 Å². The van der Waals surface area contributed by atoms with Gasteiger partial charge >= 0.3 is 5.97 Å². The van der Waals surface area contributed by atoms with E-state index in [4.69, 9.17) is 9.15 Å². The second-order valence-electron chi connectivity index (χ2n) is 4.09. The van der Waals surface area contributed by atoms with E-state index in [1.165, 1.54) is 0 Å². The lowest BCUT2D eigenvalue weighted by atomic mass is 10.2. The van der Waals surface area contributed by atoms with Crippen molar-refractivity contribution < 1.29 is 13.9 Å². The summed E-state index contributed by atoms with van der Waals surface area (Å²) in [5.41, 5.74) is 1.70. The number of esters is 1. The monoisotopic (exact) mass is 247 g/mol. The molecule has 2 rings (SSSR count). The van der Waals surface area contributed by atoms with Crippen molar-refractivity contribution in [3.8, 4) is 0 Å². The highest BCUT2D eigenvalue weighted by Gasteiger charge is 2.06. The first-order chi connectivity index (χ1) is 8.79. The second-order valence-corrected chi connectivity index (χ2v) is 4.09. The minimum absolute atomic E-state index is 0.130. The zero-order chi connectivity index (χ0) is 12.8. The van der Waals surface area contributed by atoms with Crippen molar-refractivity contribution in [2.24, 2.45) is 0 Å². The molecule has 1 aromatic heterocycles. The van der Waals surface area contributed by atoms with E-state index in [2.05, 4.69) is 4.98 Å². The summed E-state index contributed by atoms with van der Waals surface area (Å²) in [6, 6.07) is 7.71. The fraction of sp³-hybridized carbons (Fsp3) is 0.429. The maximum Gasteiger partial charge on any atom is 0.305 e. The Bertz CT molecular complexity index is 485. The highest BCUT2D eigenvalue weighted by atomic mass is 16.5. The Morgan fingerprint density at radius 3 is 2.94 bits per heavy atom. The molecule has 1 aromatic carbocycles. The molecule has 0 aliphatic heterocycles. The fourth-order valence-electron chi connectivity index (χ4n) is 1.81. The van der Waals surface area contributed by atoms with E-state index in [1.54, 1.807) is 0 Å². The highest BCUT2D eigenvalue weighted by molar-refractivity contribution is 5.72. The van der Waals surface area contributed by atoms with Crippen LogP contribution in [0.5, 0.6) is 0 Å². The minimum atomic E-state index is -0.130. The van der Waals surface area contributed by atoms with Gasteiger partial charge in [0.05, 0.1) is 6.61 Å². The van der Waals surface area contributed by atoms with Crippen LogP contribution in [-0.2, 0) is 16.0 Å². The molecule has 0 aliphatic carbocycles. The van der Waals surface area contributed by atoms with E-state index in [0.29, 0.717) is 13.0 Å². The third-order valence-corrected chi connectivity index (χ3v) is 2.67. The molecular formula is C14H17NO3. The molecule has 96 valence electrons. The molecule has 0 spiro atoms. The summed E-state index contributed by atoms with van der Waals surface area (Å²) in [7, 11) is 0. The van der Waals surface area contributed by atoms with E-state index in [-0.39, 0.29) is 5.97 Å². The van der Waals surface area contributed by atoms with Gasteiger partial charge in [0.1, 0.15) is 5.52 Å². The van der Waals surface area contributed by atoms with Gasteiger partial charge < -0.3 is 9.15 Å². The number of unbranched alkanes of at least 4 members (excludes halogenated alkanes) is 1. The molecule has 0 bridgehead atoms. The van der Waals surface area contributed by atoms with Gasteiger partial charge in [-0.15, -0.1) is 0 Å². The molecule has 0 amide bonds. The molecule has 1 heterocycles. The van der Waals surface area contributed by atoms with Gasteiger partial charge in [0.15, 0.2) is 11.5 Å². The Balaban J connectivity index is 1.78. The van der Waals surface area contributed by atoms with Crippen molar-refractivity contribution in [1.29, 1.82) is 0 Å². The molecule has 4 heteroatoms. The molecule has 0 radical (unpaired) electrons. The Morgan fingerprint density at radius 1 is 1.33 bits per heavy atom. The highest BCUT2D eigenvalue weighted by Crippen LogP contribution is 2.16. The number of hydrogen-bond donors (Lipinski definition) is 0. The van der Waals surface area contributed by atoms with Crippen molar-refractivity contribution in [2.75, 3.05) is 6.61 Å². The van der Waals surface area contributed by atoms with Crippen LogP contribution in [0.3, 0.4) is 0 Å². The number of benzene rings is 1. The average Bonchev–Trinajstić information content (AvgIpc) is 2.77. The van der Waals surface area contributed by atoms with E-state index in [9.17, 15) is 4.79 Å². The van der Waals surface area contributed by atoms with Crippen LogP contribution in [0, 0.1) is 0 Å². The first-order valence-electron chi connectivity index (χ1n) is 6.29. The summed E-state index contributed by atoms with van der Waals surface area (Å²) in [4.78, 5) is 15.5. The predicted octanol–water partition coefficient (Wildman–Crippen LogP) is 3.10.